The number of hydrogen-bond donors (Lipinski definition) is 2. The Labute approximate surface area is 111 Å². The Morgan fingerprint density at radius 1 is 1.32 bits per heavy atom. The van der Waals surface area contributed by atoms with Crippen LogP contribution in [0.4, 0.5) is 6.01 Å². The summed E-state index contributed by atoms with van der Waals surface area (Å²) in [6.45, 7) is 5.28. The summed E-state index contributed by atoms with van der Waals surface area (Å²) >= 11 is 0. The maximum absolute atomic E-state index is 9.36. The number of morpholine rings is 1. The number of anilines is 1. The molecule has 6 nitrogen and oxygen atoms in total. The summed E-state index contributed by atoms with van der Waals surface area (Å²) in [5.74, 6) is 0.184. The highest BCUT2D eigenvalue weighted by atomic mass is 16.5. The molecule has 19 heavy (non-hydrogen) atoms. The van der Waals surface area contributed by atoms with E-state index in [-0.39, 0.29) is 5.75 Å². The highest BCUT2D eigenvalue weighted by molar-refractivity contribution is 5.75. The van der Waals surface area contributed by atoms with E-state index in [9.17, 15) is 5.11 Å². The highest BCUT2D eigenvalue weighted by Gasteiger charge is 2.10. The number of fused-ring (bicyclic) bond motifs is 1. The van der Waals surface area contributed by atoms with Gasteiger partial charge < -0.3 is 19.6 Å². The predicted octanol–water partition coefficient (Wildman–Crippen LogP) is 1.28. The second-order valence-electron chi connectivity index (χ2n) is 4.55. The molecule has 6 heteroatoms. The van der Waals surface area contributed by atoms with Crippen molar-refractivity contribution >= 4 is 17.1 Å². The van der Waals surface area contributed by atoms with Crippen LogP contribution in [0.2, 0.25) is 0 Å². The van der Waals surface area contributed by atoms with Gasteiger partial charge in [-0.15, -0.1) is 0 Å². The molecule has 1 aliphatic rings. The van der Waals surface area contributed by atoms with Crippen LogP contribution >= 0.6 is 0 Å². The summed E-state index contributed by atoms with van der Waals surface area (Å²) in [7, 11) is 0. The number of benzene rings is 1. The summed E-state index contributed by atoms with van der Waals surface area (Å²) in [4.78, 5) is 6.64. The normalized spacial score (nSPS) is 16.8. The van der Waals surface area contributed by atoms with Crippen molar-refractivity contribution in [1.29, 1.82) is 0 Å². The molecule has 1 fully saturated rings. The van der Waals surface area contributed by atoms with Gasteiger partial charge in [-0.1, -0.05) is 0 Å². The molecule has 1 aromatic carbocycles. The average molecular weight is 263 g/mol. The van der Waals surface area contributed by atoms with Crippen molar-refractivity contribution in [2.75, 3.05) is 44.7 Å². The van der Waals surface area contributed by atoms with Crippen LogP contribution in [0, 0.1) is 0 Å². The number of rotatable bonds is 4. The zero-order chi connectivity index (χ0) is 13.1. The van der Waals surface area contributed by atoms with E-state index in [1.807, 2.05) is 0 Å². The monoisotopic (exact) mass is 263 g/mol. The second kappa shape index (κ2) is 5.46. The smallest absolute Gasteiger partial charge is 0.295 e. The lowest BCUT2D eigenvalue weighted by Crippen LogP contribution is -2.39. The fourth-order valence-electron chi connectivity index (χ4n) is 2.13. The first-order valence-electron chi connectivity index (χ1n) is 6.45. The van der Waals surface area contributed by atoms with Crippen molar-refractivity contribution in [3.8, 4) is 5.75 Å². The third kappa shape index (κ3) is 2.97. The van der Waals surface area contributed by atoms with Crippen molar-refractivity contribution < 1.29 is 14.3 Å². The SMILES string of the molecule is Oc1ccc2nc(NCCN3CCOCC3)oc2c1. The number of nitrogens with zero attached hydrogens (tertiary/aromatic N) is 2. The number of nitrogens with one attached hydrogen (secondary N) is 1. The minimum absolute atomic E-state index is 0.184. The van der Waals surface area contributed by atoms with Crippen LogP contribution in [0.3, 0.4) is 0 Å². The van der Waals surface area contributed by atoms with E-state index in [4.69, 9.17) is 9.15 Å². The maximum atomic E-state index is 9.36. The summed E-state index contributed by atoms with van der Waals surface area (Å²) in [5, 5.41) is 12.5. The van der Waals surface area contributed by atoms with Gasteiger partial charge in [-0.05, 0) is 12.1 Å². The summed E-state index contributed by atoms with van der Waals surface area (Å²) < 4.78 is 10.8. The van der Waals surface area contributed by atoms with Crippen LogP contribution in [-0.2, 0) is 4.74 Å². The molecule has 0 saturated carbocycles. The third-order valence-corrected chi connectivity index (χ3v) is 3.18. The van der Waals surface area contributed by atoms with Crippen LogP contribution in [0.1, 0.15) is 0 Å². The van der Waals surface area contributed by atoms with Gasteiger partial charge in [0.15, 0.2) is 5.58 Å². The van der Waals surface area contributed by atoms with E-state index in [0.29, 0.717) is 11.6 Å². The van der Waals surface area contributed by atoms with E-state index in [1.165, 1.54) is 0 Å². The second-order valence-corrected chi connectivity index (χ2v) is 4.55. The largest absolute Gasteiger partial charge is 0.508 e. The van der Waals surface area contributed by atoms with E-state index in [0.717, 1.165) is 44.9 Å². The van der Waals surface area contributed by atoms with Crippen molar-refractivity contribution in [3.63, 3.8) is 0 Å². The molecule has 0 bridgehead atoms. The molecule has 1 saturated heterocycles. The van der Waals surface area contributed by atoms with Crippen LogP contribution < -0.4 is 5.32 Å². The quantitative estimate of drug-likeness (QED) is 0.866. The fraction of sp³-hybridized carbons (Fsp3) is 0.462. The first-order valence-corrected chi connectivity index (χ1v) is 6.45. The Balaban J connectivity index is 1.56. The van der Waals surface area contributed by atoms with Gasteiger partial charge in [-0.3, -0.25) is 4.90 Å². The van der Waals surface area contributed by atoms with E-state index in [1.54, 1.807) is 18.2 Å². The minimum Gasteiger partial charge on any atom is -0.508 e. The number of hydrogen-bond acceptors (Lipinski definition) is 6. The van der Waals surface area contributed by atoms with Gasteiger partial charge in [-0.25, -0.2) is 0 Å². The Morgan fingerprint density at radius 3 is 3.00 bits per heavy atom. The molecule has 0 unspecified atom stereocenters. The molecule has 0 spiro atoms. The van der Waals surface area contributed by atoms with Gasteiger partial charge in [0.1, 0.15) is 11.3 Å². The fourth-order valence-corrected chi connectivity index (χ4v) is 2.13. The molecule has 2 N–H and O–H groups in total. The van der Waals surface area contributed by atoms with Gasteiger partial charge in [0.2, 0.25) is 0 Å². The molecule has 102 valence electrons. The predicted molar refractivity (Wildman–Crippen MR) is 71.4 cm³/mol. The molecule has 1 aliphatic heterocycles. The summed E-state index contributed by atoms with van der Waals surface area (Å²) in [6, 6.07) is 5.40. The maximum Gasteiger partial charge on any atom is 0.295 e. The summed E-state index contributed by atoms with van der Waals surface area (Å²) in [5.41, 5.74) is 1.33. The summed E-state index contributed by atoms with van der Waals surface area (Å²) in [6.07, 6.45) is 0. The average Bonchev–Trinajstić information content (AvgIpc) is 2.82. The van der Waals surface area contributed by atoms with Gasteiger partial charge in [0, 0.05) is 32.2 Å². The molecule has 3 rings (SSSR count). The molecule has 2 aromatic rings. The van der Waals surface area contributed by atoms with Gasteiger partial charge in [0.05, 0.1) is 13.2 Å². The third-order valence-electron chi connectivity index (χ3n) is 3.18. The zero-order valence-corrected chi connectivity index (χ0v) is 10.6. The number of aromatic hydroxyl groups is 1. The molecule has 0 amide bonds. The van der Waals surface area contributed by atoms with E-state index >= 15 is 0 Å². The lowest BCUT2D eigenvalue weighted by atomic mass is 10.3. The molecule has 0 atom stereocenters. The number of aromatic nitrogens is 1. The number of phenolic OH excluding ortho intramolecular Hbond substituents is 1. The van der Waals surface area contributed by atoms with Crippen molar-refractivity contribution in [3.05, 3.63) is 18.2 Å². The number of ether oxygens (including phenoxy) is 1. The van der Waals surface area contributed by atoms with Crippen LogP contribution in [-0.4, -0.2) is 54.4 Å². The molecular formula is C13H17N3O3. The Morgan fingerprint density at radius 2 is 2.16 bits per heavy atom. The van der Waals surface area contributed by atoms with Crippen LogP contribution in [0.25, 0.3) is 11.1 Å². The molecule has 0 aliphatic carbocycles. The van der Waals surface area contributed by atoms with Crippen molar-refractivity contribution in [2.45, 2.75) is 0 Å². The molecule has 0 radical (unpaired) electrons. The first kappa shape index (κ1) is 12.3. The van der Waals surface area contributed by atoms with Gasteiger partial charge >= 0.3 is 0 Å². The van der Waals surface area contributed by atoms with Gasteiger partial charge in [0.25, 0.3) is 6.01 Å². The van der Waals surface area contributed by atoms with E-state index in [2.05, 4.69) is 15.2 Å². The van der Waals surface area contributed by atoms with E-state index < -0.39 is 0 Å². The number of phenols is 1. The van der Waals surface area contributed by atoms with Crippen molar-refractivity contribution in [2.24, 2.45) is 0 Å². The molecular weight excluding hydrogens is 246 g/mol. The zero-order valence-electron chi connectivity index (χ0n) is 10.6. The Bertz CT molecular complexity index is 549. The molecule has 1 aromatic heterocycles. The highest BCUT2D eigenvalue weighted by Crippen LogP contribution is 2.22. The molecule has 2 heterocycles. The number of oxazole rings is 1. The van der Waals surface area contributed by atoms with Crippen molar-refractivity contribution in [1.82, 2.24) is 9.88 Å². The van der Waals surface area contributed by atoms with Crippen LogP contribution in [0.15, 0.2) is 22.6 Å². The lowest BCUT2D eigenvalue weighted by Gasteiger charge is -2.26. The minimum atomic E-state index is 0.184. The van der Waals surface area contributed by atoms with Crippen LogP contribution in [0.5, 0.6) is 5.75 Å². The standard InChI is InChI=1S/C13H17N3O3/c17-10-1-2-11-12(9-10)19-13(15-11)14-3-4-16-5-7-18-8-6-16/h1-2,9,17H,3-8H2,(H,14,15). The topological polar surface area (TPSA) is 70.8 Å². The Hall–Kier alpha value is -1.79. The first-order chi connectivity index (χ1) is 9.31. The van der Waals surface area contributed by atoms with Gasteiger partial charge in [-0.2, -0.15) is 4.98 Å². The Kier molecular flexibility index (Phi) is 3.52. The lowest BCUT2D eigenvalue weighted by molar-refractivity contribution is 0.0398.